The molecule has 4 rings (SSSR count). The molecule has 4 aromatic heterocycles. The number of hydrogen-bond acceptors (Lipinski definition) is 7. The van der Waals surface area contributed by atoms with Crippen LogP contribution in [-0.4, -0.2) is 25.7 Å². The number of thiophene rings is 1. The molecule has 0 aliphatic heterocycles. The molecular formula is C20H17N5O2S2. The summed E-state index contributed by atoms with van der Waals surface area (Å²) in [5.41, 5.74) is 0.690. The van der Waals surface area contributed by atoms with Crippen LogP contribution < -0.4 is 10.9 Å². The quantitative estimate of drug-likeness (QED) is 0.526. The van der Waals surface area contributed by atoms with Gasteiger partial charge in [0.15, 0.2) is 5.13 Å². The fourth-order valence-corrected chi connectivity index (χ4v) is 4.10. The molecule has 0 aliphatic rings. The van der Waals surface area contributed by atoms with Crippen LogP contribution in [0.2, 0.25) is 0 Å². The lowest BCUT2D eigenvalue weighted by Gasteiger charge is -2.24. The Kier molecular flexibility index (Phi) is 5.08. The number of nitrogens with one attached hydrogen (secondary N) is 1. The van der Waals surface area contributed by atoms with Gasteiger partial charge in [-0.15, -0.1) is 22.7 Å². The summed E-state index contributed by atoms with van der Waals surface area (Å²) in [6.07, 6.45) is 3.40. The summed E-state index contributed by atoms with van der Waals surface area (Å²) >= 11 is 2.83. The van der Waals surface area contributed by atoms with Crippen LogP contribution in [0.15, 0.2) is 64.3 Å². The van der Waals surface area contributed by atoms with Crippen LogP contribution in [0.3, 0.4) is 0 Å². The van der Waals surface area contributed by atoms with E-state index in [1.165, 1.54) is 33.4 Å². The maximum Gasteiger partial charge on any atom is 0.267 e. The minimum absolute atomic E-state index is 0.347. The lowest BCUT2D eigenvalue weighted by molar-refractivity contribution is -0.123. The largest absolute Gasteiger partial charge is 0.300 e. The van der Waals surface area contributed by atoms with E-state index < -0.39 is 5.54 Å². The second kappa shape index (κ2) is 7.69. The van der Waals surface area contributed by atoms with Gasteiger partial charge in [0.05, 0.1) is 10.6 Å². The minimum Gasteiger partial charge on any atom is -0.300 e. The Bertz CT molecular complexity index is 1200. The molecule has 9 heteroatoms. The van der Waals surface area contributed by atoms with Crippen molar-refractivity contribution in [2.45, 2.75) is 19.4 Å². The van der Waals surface area contributed by atoms with Crippen molar-refractivity contribution in [2.24, 2.45) is 0 Å². The van der Waals surface area contributed by atoms with Gasteiger partial charge >= 0.3 is 0 Å². The Morgan fingerprint density at radius 3 is 2.69 bits per heavy atom. The standard InChI is InChI=1S/C20H17N5O2S2/c1-20(2,25-17(26)8-7-14(24-25)16-6-4-10-28-16)18(27)23-19-22-15(12-29-19)13-5-3-9-21-11-13/h3-12H,1-2H3,(H,22,23,27). The zero-order chi connectivity index (χ0) is 20.4. The third kappa shape index (κ3) is 3.87. The van der Waals surface area contributed by atoms with Crippen molar-refractivity contribution in [1.82, 2.24) is 19.7 Å². The van der Waals surface area contributed by atoms with Gasteiger partial charge in [-0.2, -0.15) is 5.10 Å². The Hall–Kier alpha value is -3.17. The molecule has 0 aliphatic carbocycles. The van der Waals surface area contributed by atoms with Crippen molar-refractivity contribution >= 4 is 33.7 Å². The molecule has 0 saturated carbocycles. The third-order valence-electron chi connectivity index (χ3n) is 4.34. The SMILES string of the molecule is CC(C)(C(=O)Nc1nc(-c2cccnc2)cs1)n1nc(-c2cccs2)ccc1=O. The monoisotopic (exact) mass is 423 g/mol. The van der Waals surface area contributed by atoms with Gasteiger partial charge in [-0.25, -0.2) is 9.67 Å². The summed E-state index contributed by atoms with van der Waals surface area (Å²) in [4.78, 5) is 34.9. The van der Waals surface area contributed by atoms with E-state index in [0.717, 1.165) is 16.1 Å². The van der Waals surface area contributed by atoms with E-state index in [-0.39, 0.29) is 11.5 Å². The number of anilines is 1. The molecule has 4 heterocycles. The first kappa shape index (κ1) is 19.2. The number of amides is 1. The van der Waals surface area contributed by atoms with Gasteiger partial charge in [0.25, 0.3) is 11.5 Å². The minimum atomic E-state index is -1.20. The first-order valence-corrected chi connectivity index (χ1v) is 10.5. The lowest BCUT2D eigenvalue weighted by Crippen LogP contribution is -2.47. The van der Waals surface area contributed by atoms with Gasteiger partial charge in [0.2, 0.25) is 0 Å². The molecule has 0 atom stereocenters. The molecule has 0 fully saturated rings. The molecule has 0 aromatic carbocycles. The summed E-state index contributed by atoms with van der Waals surface area (Å²) < 4.78 is 1.22. The van der Waals surface area contributed by atoms with Crippen molar-refractivity contribution < 1.29 is 4.79 Å². The summed E-state index contributed by atoms with van der Waals surface area (Å²) in [7, 11) is 0. The van der Waals surface area contributed by atoms with Gasteiger partial charge in [0.1, 0.15) is 11.2 Å². The zero-order valence-electron chi connectivity index (χ0n) is 15.7. The van der Waals surface area contributed by atoms with Crippen molar-refractivity contribution in [3.8, 4) is 21.8 Å². The predicted molar refractivity (Wildman–Crippen MR) is 115 cm³/mol. The van der Waals surface area contributed by atoms with Crippen molar-refractivity contribution in [2.75, 3.05) is 5.32 Å². The van der Waals surface area contributed by atoms with E-state index in [4.69, 9.17) is 0 Å². The summed E-state index contributed by atoms with van der Waals surface area (Å²) in [6.45, 7) is 3.31. The summed E-state index contributed by atoms with van der Waals surface area (Å²) in [5.74, 6) is -0.373. The van der Waals surface area contributed by atoms with Crippen LogP contribution in [0.1, 0.15) is 13.8 Å². The predicted octanol–water partition coefficient (Wildman–Crippen LogP) is 3.86. The van der Waals surface area contributed by atoms with Crippen LogP contribution in [0.25, 0.3) is 21.8 Å². The second-order valence-electron chi connectivity index (χ2n) is 6.74. The molecule has 1 N–H and O–H groups in total. The number of rotatable bonds is 5. The summed E-state index contributed by atoms with van der Waals surface area (Å²) in [5, 5.41) is 11.5. The van der Waals surface area contributed by atoms with Gasteiger partial charge in [-0.05, 0) is 43.5 Å². The van der Waals surface area contributed by atoms with Gasteiger partial charge < -0.3 is 0 Å². The number of thiazole rings is 1. The molecule has 146 valence electrons. The third-order valence-corrected chi connectivity index (χ3v) is 5.99. The van der Waals surface area contributed by atoms with Crippen LogP contribution in [0.5, 0.6) is 0 Å². The maximum absolute atomic E-state index is 13.0. The molecule has 0 saturated heterocycles. The van der Waals surface area contributed by atoms with Crippen molar-refractivity contribution in [3.05, 3.63) is 69.9 Å². The lowest BCUT2D eigenvalue weighted by atomic mass is 10.1. The van der Waals surface area contributed by atoms with E-state index in [1.807, 2.05) is 35.0 Å². The number of pyridine rings is 1. The van der Waals surface area contributed by atoms with Crippen LogP contribution in [0, 0.1) is 0 Å². The number of nitrogens with zero attached hydrogens (tertiary/aromatic N) is 4. The highest BCUT2D eigenvalue weighted by Crippen LogP contribution is 2.26. The Balaban J connectivity index is 1.59. The molecular weight excluding hydrogens is 406 g/mol. The Labute approximate surface area is 174 Å². The molecule has 1 amide bonds. The van der Waals surface area contributed by atoms with Gasteiger partial charge in [-0.3, -0.25) is 19.9 Å². The van der Waals surface area contributed by atoms with E-state index >= 15 is 0 Å². The topological polar surface area (TPSA) is 89.8 Å². The first-order valence-electron chi connectivity index (χ1n) is 8.77. The normalized spacial score (nSPS) is 11.4. The van der Waals surface area contributed by atoms with E-state index in [0.29, 0.717) is 10.8 Å². The highest BCUT2D eigenvalue weighted by Gasteiger charge is 2.33. The highest BCUT2D eigenvalue weighted by atomic mass is 32.1. The number of carbonyl (C=O) groups is 1. The van der Waals surface area contributed by atoms with Gasteiger partial charge in [-0.1, -0.05) is 6.07 Å². The fraction of sp³-hybridized carbons (Fsp3) is 0.150. The second-order valence-corrected chi connectivity index (χ2v) is 8.54. The fourth-order valence-electron chi connectivity index (χ4n) is 2.69. The van der Waals surface area contributed by atoms with Crippen LogP contribution in [-0.2, 0) is 10.3 Å². The molecule has 7 nitrogen and oxygen atoms in total. The number of aromatic nitrogens is 4. The van der Waals surface area contributed by atoms with Gasteiger partial charge in [0, 0.05) is 29.4 Å². The molecule has 0 radical (unpaired) electrons. The number of hydrogen-bond donors (Lipinski definition) is 1. The van der Waals surface area contributed by atoms with Crippen LogP contribution >= 0.6 is 22.7 Å². The average molecular weight is 424 g/mol. The molecule has 0 unspecified atom stereocenters. The average Bonchev–Trinajstić information content (AvgIpc) is 3.41. The molecule has 0 bridgehead atoms. The maximum atomic E-state index is 13.0. The smallest absolute Gasteiger partial charge is 0.267 e. The molecule has 29 heavy (non-hydrogen) atoms. The van der Waals surface area contributed by atoms with E-state index in [2.05, 4.69) is 20.4 Å². The Morgan fingerprint density at radius 2 is 1.97 bits per heavy atom. The molecule has 0 spiro atoms. The zero-order valence-corrected chi connectivity index (χ0v) is 17.3. The van der Waals surface area contributed by atoms with E-state index in [1.54, 1.807) is 32.3 Å². The first-order chi connectivity index (χ1) is 13.9. The summed E-state index contributed by atoms with van der Waals surface area (Å²) in [6, 6.07) is 10.7. The Morgan fingerprint density at radius 1 is 1.10 bits per heavy atom. The van der Waals surface area contributed by atoms with Crippen LogP contribution in [0.4, 0.5) is 5.13 Å². The van der Waals surface area contributed by atoms with E-state index in [9.17, 15) is 9.59 Å². The number of carbonyl (C=O) groups excluding carboxylic acids is 1. The van der Waals surface area contributed by atoms with Crippen molar-refractivity contribution in [1.29, 1.82) is 0 Å². The molecule has 4 aromatic rings. The van der Waals surface area contributed by atoms with Crippen molar-refractivity contribution in [3.63, 3.8) is 0 Å². The highest BCUT2D eigenvalue weighted by molar-refractivity contribution is 7.14.